The highest BCUT2D eigenvalue weighted by atomic mass is 32.2. The highest BCUT2D eigenvalue weighted by Gasteiger charge is 2.33. The highest BCUT2D eigenvalue weighted by molar-refractivity contribution is 7.92. The molecule has 0 spiro atoms. The molecule has 2 aliphatic rings. The molecule has 1 fully saturated rings. The summed E-state index contributed by atoms with van der Waals surface area (Å²) in [5.74, 6) is 0.873. The van der Waals surface area contributed by atoms with E-state index in [0.29, 0.717) is 35.7 Å². The molecule has 2 aliphatic heterocycles. The van der Waals surface area contributed by atoms with Gasteiger partial charge in [-0.15, -0.1) is 0 Å². The number of ether oxygens (including phenoxy) is 1. The number of nitrogens with one attached hydrogen (secondary N) is 1. The van der Waals surface area contributed by atoms with E-state index < -0.39 is 16.1 Å². The summed E-state index contributed by atoms with van der Waals surface area (Å²) in [4.78, 5) is 37.3. The lowest BCUT2D eigenvalue weighted by Gasteiger charge is -2.36. The Morgan fingerprint density at radius 3 is 2.46 bits per heavy atom. The maximum Gasteiger partial charge on any atom is 0.264 e. The first-order valence-electron chi connectivity index (χ1n) is 17.3. The zero-order valence-corrected chi connectivity index (χ0v) is 30.8. The molecule has 2 aromatic heterocycles. The summed E-state index contributed by atoms with van der Waals surface area (Å²) in [6, 6.07) is 15.5. The standard InChI is InChI=1S/C38H47N7O4S/c1-24(2)32-15-10-18-44(32)37-39-17-16-28(40-37)22-45-29(21-38(5,6)7)23-49-33-20-31(34-25(3)11-8-12-26(34)4)41-36(42-33)43-50(47,48)30-14-9-13-27(19-30)35(45)46/h8-9,11-14,16-17,19-20,24,29,32H,10,15,18,21-23H2,1-7H3,(H,41,42,43)/t29-,32+/m1/s1. The predicted molar refractivity (Wildman–Crippen MR) is 195 cm³/mol. The molecule has 1 saturated heterocycles. The van der Waals surface area contributed by atoms with Crippen LogP contribution in [0.3, 0.4) is 0 Å². The van der Waals surface area contributed by atoms with Crippen LogP contribution < -0.4 is 14.4 Å². The molecule has 12 heteroatoms. The van der Waals surface area contributed by atoms with Crippen molar-refractivity contribution in [3.63, 3.8) is 0 Å². The highest BCUT2D eigenvalue weighted by Crippen LogP contribution is 2.32. The first-order valence-corrected chi connectivity index (χ1v) is 18.8. The van der Waals surface area contributed by atoms with Crippen molar-refractivity contribution >= 4 is 27.8 Å². The van der Waals surface area contributed by atoms with Gasteiger partial charge in [-0.05, 0) is 79.8 Å². The molecule has 264 valence electrons. The van der Waals surface area contributed by atoms with Crippen molar-refractivity contribution in [3.8, 4) is 17.1 Å². The fraction of sp³-hybridized carbons (Fsp3) is 0.447. The summed E-state index contributed by atoms with van der Waals surface area (Å²) in [7, 11) is -4.17. The van der Waals surface area contributed by atoms with Gasteiger partial charge in [0.2, 0.25) is 17.8 Å². The van der Waals surface area contributed by atoms with Crippen LogP contribution in [0.2, 0.25) is 0 Å². The van der Waals surface area contributed by atoms with Crippen molar-refractivity contribution < 1.29 is 17.9 Å². The third-order valence-corrected chi connectivity index (χ3v) is 10.7. The molecule has 1 amide bonds. The molecule has 11 nitrogen and oxygen atoms in total. The average Bonchev–Trinajstić information content (AvgIpc) is 3.55. The Morgan fingerprint density at radius 2 is 1.74 bits per heavy atom. The first kappa shape index (κ1) is 35.3. The van der Waals surface area contributed by atoms with Gasteiger partial charge in [-0.2, -0.15) is 4.98 Å². The van der Waals surface area contributed by atoms with Crippen LogP contribution in [0, 0.1) is 25.2 Å². The van der Waals surface area contributed by atoms with Crippen molar-refractivity contribution in [3.05, 3.63) is 83.2 Å². The van der Waals surface area contributed by atoms with Gasteiger partial charge in [0.05, 0.1) is 28.9 Å². The molecule has 4 bridgehead atoms. The molecule has 0 radical (unpaired) electrons. The minimum absolute atomic E-state index is 0.0726. The average molecular weight is 698 g/mol. The second-order valence-electron chi connectivity index (χ2n) is 15.0. The Morgan fingerprint density at radius 1 is 1.00 bits per heavy atom. The molecule has 0 aliphatic carbocycles. The number of aromatic nitrogens is 4. The zero-order valence-electron chi connectivity index (χ0n) is 30.0. The zero-order chi connectivity index (χ0) is 35.8. The third kappa shape index (κ3) is 7.75. The second-order valence-corrected chi connectivity index (χ2v) is 16.7. The number of anilines is 2. The van der Waals surface area contributed by atoms with E-state index in [0.717, 1.165) is 36.1 Å². The molecule has 2 atom stereocenters. The minimum Gasteiger partial charge on any atom is -0.475 e. The first-order chi connectivity index (χ1) is 23.7. The van der Waals surface area contributed by atoms with Crippen LogP contribution in [0.1, 0.15) is 81.1 Å². The van der Waals surface area contributed by atoms with E-state index in [2.05, 4.69) is 59.2 Å². The monoisotopic (exact) mass is 697 g/mol. The molecule has 0 unspecified atom stereocenters. The summed E-state index contributed by atoms with van der Waals surface area (Å²) in [5.41, 5.74) is 4.10. The van der Waals surface area contributed by atoms with Gasteiger partial charge in [0, 0.05) is 36.0 Å². The van der Waals surface area contributed by atoms with E-state index in [1.54, 1.807) is 29.3 Å². The Labute approximate surface area is 295 Å². The van der Waals surface area contributed by atoms with Crippen molar-refractivity contribution in [2.45, 2.75) is 91.3 Å². The lowest BCUT2D eigenvalue weighted by Crippen LogP contribution is -2.45. The molecule has 4 heterocycles. The molecule has 50 heavy (non-hydrogen) atoms. The van der Waals surface area contributed by atoms with Crippen LogP contribution >= 0.6 is 0 Å². The largest absolute Gasteiger partial charge is 0.475 e. The minimum atomic E-state index is -4.17. The van der Waals surface area contributed by atoms with Crippen LogP contribution in [0.5, 0.6) is 5.88 Å². The van der Waals surface area contributed by atoms with Crippen LogP contribution in [0.4, 0.5) is 11.9 Å². The van der Waals surface area contributed by atoms with Crippen LogP contribution in [0.15, 0.2) is 65.7 Å². The van der Waals surface area contributed by atoms with Gasteiger partial charge in [-0.25, -0.2) is 28.1 Å². The SMILES string of the molecule is Cc1cccc(C)c1-c1cc2nc(n1)NS(=O)(=O)c1cccc(c1)C(=O)N(Cc1ccnc(N3CCC[C@H]3C(C)C)n1)[C@H](CC(C)(C)C)CO2. The molecular formula is C38H47N7O4S. The Kier molecular flexibility index (Phi) is 9.85. The summed E-state index contributed by atoms with van der Waals surface area (Å²) < 4.78 is 36.5. The Balaban J connectivity index is 1.46. The Hall–Kier alpha value is -4.58. The molecule has 1 N–H and O–H groups in total. The fourth-order valence-corrected chi connectivity index (χ4v) is 8.06. The second kappa shape index (κ2) is 14.0. The van der Waals surface area contributed by atoms with Crippen LogP contribution in [-0.4, -0.2) is 64.4 Å². The van der Waals surface area contributed by atoms with Crippen LogP contribution in [0.25, 0.3) is 11.3 Å². The van der Waals surface area contributed by atoms with Crippen molar-refractivity contribution in [2.75, 3.05) is 22.8 Å². The van der Waals surface area contributed by atoms with Gasteiger partial charge in [0.25, 0.3) is 15.9 Å². The Bertz CT molecular complexity index is 1970. The summed E-state index contributed by atoms with van der Waals surface area (Å²) in [6.45, 7) is 15.9. The summed E-state index contributed by atoms with van der Waals surface area (Å²) in [6.07, 6.45) is 4.52. The number of benzene rings is 2. The topological polar surface area (TPSA) is 131 Å². The van der Waals surface area contributed by atoms with Crippen molar-refractivity contribution in [1.82, 2.24) is 24.8 Å². The smallest absolute Gasteiger partial charge is 0.264 e. The van der Waals surface area contributed by atoms with Crippen molar-refractivity contribution in [2.24, 2.45) is 11.3 Å². The number of carbonyl (C=O) groups is 1. The van der Waals surface area contributed by atoms with Gasteiger partial charge in [-0.3, -0.25) is 4.79 Å². The number of rotatable bonds is 6. The molecular weight excluding hydrogens is 651 g/mol. The lowest BCUT2D eigenvalue weighted by atomic mass is 9.87. The molecule has 0 saturated carbocycles. The number of hydrogen-bond acceptors (Lipinski definition) is 9. The van der Waals surface area contributed by atoms with Gasteiger partial charge in [-0.1, -0.05) is 58.9 Å². The normalized spacial score (nSPS) is 19.3. The number of amides is 1. The number of sulfonamides is 1. The van der Waals surface area contributed by atoms with E-state index in [4.69, 9.17) is 9.72 Å². The third-order valence-electron chi connectivity index (χ3n) is 9.39. The fourth-order valence-electron chi connectivity index (χ4n) is 7.07. The van der Waals surface area contributed by atoms with Gasteiger partial charge >= 0.3 is 0 Å². The number of aryl methyl sites for hydroxylation is 2. The molecule has 4 aromatic rings. The van der Waals surface area contributed by atoms with E-state index in [-0.39, 0.29) is 46.8 Å². The van der Waals surface area contributed by atoms with Crippen molar-refractivity contribution in [1.29, 1.82) is 0 Å². The maximum absolute atomic E-state index is 14.6. The predicted octanol–water partition coefficient (Wildman–Crippen LogP) is 6.82. The number of fused-ring (bicyclic) bond motifs is 4. The quantitative estimate of drug-likeness (QED) is 0.231. The maximum atomic E-state index is 14.6. The van der Waals surface area contributed by atoms with E-state index in [1.807, 2.05) is 38.1 Å². The van der Waals surface area contributed by atoms with Gasteiger partial charge in [0.1, 0.15) is 6.61 Å². The summed E-state index contributed by atoms with van der Waals surface area (Å²) >= 11 is 0. The molecule has 2 aromatic carbocycles. The summed E-state index contributed by atoms with van der Waals surface area (Å²) in [5, 5.41) is 0. The van der Waals surface area contributed by atoms with Crippen LogP contribution in [-0.2, 0) is 16.6 Å². The number of nitrogens with zero attached hydrogens (tertiary/aromatic N) is 6. The molecule has 6 rings (SSSR count). The van der Waals surface area contributed by atoms with Gasteiger partial charge < -0.3 is 14.5 Å². The number of hydrogen-bond donors (Lipinski definition) is 1. The van der Waals surface area contributed by atoms with Gasteiger partial charge in [0.15, 0.2) is 0 Å². The van der Waals surface area contributed by atoms with E-state index in [9.17, 15) is 13.2 Å². The van der Waals surface area contributed by atoms with E-state index in [1.165, 1.54) is 12.1 Å². The lowest BCUT2D eigenvalue weighted by molar-refractivity contribution is 0.0509. The number of carbonyl (C=O) groups excluding carboxylic acids is 1. The van der Waals surface area contributed by atoms with E-state index >= 15 is 0 Å².